The third-order valence-corrected chi connectivity index (χ3v) is 8.58. The number of H-pyrrole nitrogens is 1. The molecule has 0 bridgehead atoms. The number of aryl methyl sites for hydroxylation is 1. The molecule has 2 aromatic carbocycles. The highest BCUT2D eigenvalue weighted by molar-refractivity contribution is 5.97. The van der Waals surface area contributed by atoms with Gasteiger partial charge in [-0.15, -0.1) is 10.2 Å². The number of aromatic nitrogens is 5. The standard InChI is InChI=1S/C36H42N8O6/c1-21-17-30(34(47)48)37-20-28(21)24-9-5-22(6-10-24)18-29(33(46)39-27-15-13-25(14-16-27)31-41-43-44-42-31)40-32(45)26-11-7-23(8-12-26)19-38-35(49)50-36(2,3)4/h5-6,9-10,13-17,20,23,26,29H,7-8,11-12,18-19H2,1-4H3,(H,38,49)(H,39,46)(H,40,45)(H,47,48)(H,41,42,43,44). The second kappa shape index (κ2) is 15.7. The maximum Gasteiger partial charge on any atom is 0.407 e. The van der Waals surface area contributed by atoms with Crippen molar-refractivity contribution in [2.24, 2.45) is 11.8 Å². The lowest BCUT2D eigenvalue weighted by Gasteiger charge is -2.29. The number of nitrogens with one attached hydrogen (secondary N) is 4. The van der Waals surface area contributed by atoms with Gasteiger partial charge in [0.2, 0.25) is 17.6 Å². The zero-order valence-corrected chi connectivity index (χ0v) is 28.5. The molecule has 4 aromatic rings. The van der Waals surface area contributed by atoms with E-state index in [1.165, 1.54) is 12.3 Å². The number of carbonyl (C=O) groups is 4. The van der Waals surface area contributed by atoms with Gasteiger partial charge in [-0.25, -0.2) is 14.6 Å². The molecule has 1 atom stereocenters. The summed E-state index contributed by atoms with van der Waals surface area (Å²) in [5, 5.41) is 32.0. The van der Waals surface area contributed by atoms with Crippen molar-refractivity contribution < 1.29 is 29.0 Å². The van der Waals surface area contributed by atoms with E-state index in [0.29, 0.717) is 30.9 Å². The van der Waals surface area contributed by atoms with Crippen LogP contribution in [0.2, 0.25) is 0 Å². The Bertz CT molecular complexity index is 1800. The van der Waals surface area contributed by atoms with Crippen LogP contribution in [0.5, 0.6) is 0 Å². The second-order valence-electron chi connectivity index (χ2n) is 13.6. The minimum Gasteiger partial charge on any atom is -0.477 e. The number of hydrogen-bond donors (Lipinski definition) is 5. The number of aromatic amines is 1. The van der Waals surface area contributed by atoms with Crippen molar-refractivity contribution in [1.82, 2.24) is 36.2 Å². The molecular weight excluding hydrogens is 640 g/mol. The van der Waals surface area contributed by atoms with Gasteiger partial charge in [0.1, 0.15) is 17.3 Å². The molecule has 0 aliphatic heterocycles. The molecule has 2 heterocycles. The van der Waals surface area contributed by atoms with Crippen LogP contribution in [0, 0.1) is 18.8 Å². The van der Waals surface area contributed by atoms with E-state index in [2.05, 4.69) is 41.6 Å². The summed E-state index contributed by atoms with van der Waals surface area (Å²) in [5.74, 6) is -1.24. The number of ether oxygens (including phenoxy) is 1. The first-order valence-corrected chi connectivity index (χ1v) is 16.6. The van der Waals surface area contributed by atoms with Gasteiger partial charge in [0.15, 0.2) is 0 Å². The van der Waals surface area contributed by atoms with Gasteiger partial charge in [-0.3, -0.25) is 9.59 Å². The molecule has 2 aromatic heterocycles. The Hall–Kier alpha value is -5.66. The Kier molecular flexibility index (Phi) is 11.2. The first kappa shape index (κ1) is 35.6. The molecule has 1 unspecified atom stereocenters. The summed E-state index contributed by atoms with van der Waals surface area (Å²) < 4.78 is 5.33. The number of rotatable bonds is 11. The highest BCUT2D eigenvalue weighted by atomic mass is 16.6. The Morgan fingerprint density at radius 2 is 1.66 bits per heavy atom. The third kappa shape index (κ3) is 9.71. The number of carboxylic acids is 1. The summed E-state index contributed by atoms with van der Waals surface area (Å²) >= 11 is 0. The molecule has 0 spiro atoms. The minimum absolute atomic E-state index is 0.0251. The average Bonchev–Trinajstić information content (AvgIpc) is 3.62. The predicted octanol–water partition coefficient (Wildman–Crippen LogP) is 4.93. The molecule has 0 radical (unpaired) electrons. The number of nitrogens with zero attached hydrogens (tertiary/aromatic N) is 4. The first-order chi connectivity index (χ1) is 23.8. The Balaban J connectivity index is 1.25. The normalized spacial score (nSPS) is 16.6. The molecule has 1 aliphatic rings. The van der Waals surface area contributed by atoms with Gasteiger partial charge in [-0.05, 0) is 112 Å². The SMILES string of the molecule is Cc1cc(C(=O)O)ncc1-c1ccc(CC(NC(=O)C2CCC(CNC(=O)OC(C)(C)C)CC2)C(=O)Nc2ccc(-c3nn[nH]n3)cc2)cc1. The molecule has 14 nitrogen and oxygen atoms in total. The van der Waals surface area contributed by atoms with E-state index in [4.69, 9.17) is 4.74 Å². The molecule has 5 rings (SSSR count). The minimum atomic E-state index is -1.09. The lowest BCUT2D eigenvalue weighted by Crippen LogP contribution is -2.48. The summed E-state index contributed by atoms with van der Waals surface area (Å²) in [7, 11) is 0. The van der Waals surface area contributed by atoms with Crippen LogP contribution in [0.3, 0.4) is 0 Å². The second-order valence-corrected chi connectivity index (χ2v) is 13.6. The average molecular weight is 683 g/mol. The third-order valence-electron chi connectivity index (χ3n) is 8.58. The van der Waals surface area contributed by atoms with Crippen LogP contribution in [0.4, 0.5) is 10.5 Å². The van der Waals surface area contributed by atoms with Crippen molar-refractivity contribution >= 4 is 29.6 Å². The van der Waals surface area contributed by atoms with Gasteiger partial charge in [0, 0.05) is 41.9 Å². The zero-order valence-electron chi connectivity index (χ0n) is 28.5. The van der Waals surface area contributed by atoms with Crippen molar-refractivity contribution in [2.45, 2.75) is 71.4 Å². The summed E-state index contributed by atoms with van der Waals surface area (Å²) in [6.07, 6.45) is 4.13. The maximum absolute atomic E-state index is 13.7. The topological polar surface area (TPSA) is 201 Å². The van der Waals surface area contributed by atoms with Gasteiger partial charge in [-0.2, -0.15) is 5.21 Å². The fourth-order valence-electron chi connectivity index (χ4n) is 5.92. The van der Waals surface area contributed by atoms with E-state index < -0.39 is 23.7 Å². The first-order valence-electron chi connectivity index (χ1n) is 16.6. The molecule has 50 heavy (non-hydrogen) atoms. The summed E-state index contributed by atoms with van der Waals surface area (Å²) in [5.41, 5.74) is 3.91. The van der Waals surface area contributed by atoms with Crippen LogP contribution < -0.4 is 16.0 Å². The van der Waals surface area contributed by atoms with Crippen LogP contribution in [-0.4, -0.2) is 72.8 Å². The molecule has 14 heteroatoms. The van der Waals surface area contributed by atoms with Gasteiger partial charge in [-0.1, -0.05) is 24.3 Å². The number of amides is 3. The lowest BCUT2D eigenvalue weighted by molar-refractivity contribution is -0.130. The van der Waals surface area contributed by atoms with E-state index in [1.54, 1.807) is 24.3 Å². The quantitative estimate of drug-likeness (QED) is 0.144. The van der Waals surface area contributed by atoms with E-state index in [0.717, 1.165) is 40.7 Å². The summed E-state index contributed by atoms with van der Waals surface area (Å²) in [6, 6.07) is 15.2. The van der Waals surface area contributed by atoms with E-state index in [1.807, 2.05) is 52.0 Å². The lowest BCUT2D eigenvalue weighted by atomic mass is 9.81. The molecular formula is C36H42N8O6. The van der Waals surface area contributed by atoms with Crippen molar-refractivity contribution in [3.8, 4) is 22.5 Å². The maximum atomic E-state index is 13.7. The van der Waals surface area contributed by atoms with E-state index in [-0.39, 0.29) is 35.8 Å². The van der Waals surface area contributed by atoms with E-state index >= 15 is 0 Å². The number of carbonyl (C=O) groups excluding carboxylic acids is 3. The molecule has 1 saturated carbocycles. The van der Waals surface area contributed by atoms with Crippen LogP contribution in [0.25, 0.3) is 22.5 Å². The number of carboxylic acid groups (broad SMARTS) is 1. The number of tetrazole rings is 1. The van der Waals surface area contributed by atoms with Crippen LogP contribution in [0.15, 0.2) is 60.8 Å². The molecule has 0 saturated heterocycles. The van der Waals surface area contributed by atoms with Crippen LogP contribution in [-0.2, 0) is 20.7 Å². The Labute approximate surface area is 289 Å². The number of pyridine rings is 1. The van der Waals surface area contributed by atoms with E-state index in [9.17, 15) is 24.3 Å². The zero-order chi connectivity index (χ0) is 35.8. The highest BCUT2D eigenvalue weighted by Gasteiger charge is 2.30. The largest absolute Gasteiger partial charge is 0.477 e. The van der Waals surface area contributed by atoms with Gasteiger partial charge >= 0.3 is 12.1 Å². The smallest absolute Gasteiger partial charge is 0.407 e. The molecule has 262 valence electrons. The molecule has 1 aliphatic carbocycles. The molecule has 5 N–H and O–H groups in total. The van der Waals surface area contributed by atoms with Gasteiger partial charge in [0.05, 0.1) is 0 Å². The summed E-state index contributed by atoms with van der Waals surface area (Å²) in [6.45, 7) is 7.75. The fraction of sp³-hybridized carbons (Fsp3) is 0.389. The number of alkyl carbamates (subject to hydrolysis) is 1. The summed E-state index contributed by atoms with van der Waals surface area (Å²) in [4.78, 5) is 54.7. The number of hydrogen-bond acceptors (Lipinski definition) is 9. The van der Waals surface area contributed by atoms with Crippen LogP contribution in [0.1, 0.15) is 68.1 Å². The fourth-order valence-corrected chi connectivity index (χ4v) is 5.92. The predicted molar refractivity (Wildman–Crippen MR) is 185 cm³/mol. The van der Waals surface area contributed by atoms with Crippen molar-refractivity contribution in [3.05, 3.63) is 77.6 Å². The van der Waals surface area contributed by atoms with Gasteiger partial charge < -0.3 is 25.8 Å². The Morgan fingerprint density at radius 1 is 0.980 bits per heavy atom. The molecule has 1 fully saturated rings. The Morgan fingerprint density at radius 3 is 2.26 bits per heavy atom. The number of anilines is 1. The van der Waals surface area contributed by atoms with Crippen molar-refractivity contribution in [3.63, 3.8) is 0 Å². The number of aromatic carboxylic acids is 1. The monoisotopic (exact) mass is 682 g/mol. The highest BCUT2D eigenvalue weighted by Crippen LogP contribution is 2.29. The number of benzene rings is 2. The van der Waals surface area contributed by atoms with Crippen molar-refractivity contribution in [1.29, 1.82) is 0 Å². The molecule has 3 amide bonds. The van der Waals surface area contributed by atoms with Crippen molar-refractivity contribution in [2.75, 3.05) is 11.9 Å². The van der Waals surface area contributed by atoms with Gasteiger partial charge in [0.25, 0.3) is 0 Å². The van der Waals surface area contributed by atoms with Crippen LogP contribution >= 0.6 is 0 Å².